The molecule has 4 rings (SSSR count). The molecule has 0 saturated carbocycles. The number of carbonyl (C=O) groups is 1. The number of hydrogen-bond acceptors (Lipinski definition) is 3. The van der Waals surface area contributed by atoms with Gasteiger partial charge in [0.2, 0.25) is 5.91 Å². The summed E-state index contributed by atoms with van der Waals surface area (Å²) in [6.07, 6.45) is 4.23. The van der Waals surface area contributed by atoms with Gasteiger partial charge < -0.3 is 15.2 Å². The lowest BCUT2D eigenvalue weighted by Gasteiger charge is -2.41. The Hall–Kier alpha value is -1.82. The van der Waals surface area contributed by atoms with Gasteiger partial charge >= 0.3 is 0 Å². The fourth-order valence-corrected chi connectivity index (χ4v) is 5.10. The van der Waals surface area contributed by atoms with Gasteiger partial charge in [-0.3, -0.25) is 4.79 Å². The molecule has 0 spiro atoms. The number of rotatable bonds is 4. The third kappa shape index (κ3) is 4.05. The highest BCUT2D eigenvalue weighted by Crippen LogP contribution is 2.35. The molecule has 1 aromatic carbocycles. The first-order valence-corrected chi connectivity index (χ1v) is 10.1. The third-order valence-corrected chi connectivity index (χ3v) is 6.39. The van der Waals surface area contributed by atoms with Gasteiger partial charge in [0.15, 0.2) is 0 Å². The maximum Gasteiger partial charge on any atom is 0.220 e. The zero-order chi connectivity index (χ0) is 18.1. The van der Waals surface area contributed by atoms with E-state index in [-0.39, 0.29) is 30.4 Å². The summed E-state index contributed by atoms with van der Waals surface area (Å²) in [6, 6.07) is 13.1. The molecule has 1 amide bonds. The summed E-state index contributed by atoms with van der Waals surface area (Å²) in [5, 5.41) is 5.02. The van der Waals surface area contributed by atoms with Gasteiger partial charge in [0.1, 0.15) is 0 Å². The van der Waals surface area contributed by atoms with Crippen molar-refractivity contribution in [3.05, 3.63) is 57.9 Å². The van der Waals surface area contributed by atoms with Crippen LogP contribution in [0.2, 0.25) is 0 Å². The summed E-state index contributed by atoms with van der Waals surface area (Å²) in [6.45, 7) is 5.47. The molecular weight excluding hydrogens is 378 g/mol. The smallest absolute Gasteiger partial charge is 0.220 e. The predicted octanol–water partition coefficient (Wildman–Crippen LogP) is 4.80. The maximum absolute atomic E-state index is 12.2. The molecule has 27 heavy (non-hydrogen) atoms. The number of likely N-dealkylation sites (tertiary alicyclic amines) is 1. The number of benzene rings is 1. The minimum absolute atomic E-state index is 0. The lowest BCUT2D eigenvalue weighted by molar-refractivity contribution is -0.133. The number of amides is 1. The molecule has 0 radical (unpaired) electrons. The first-order chi connectivity index (χ1) is 12.6. The number of thiophene rings is 1. The van der Waals surface area contributed by atoms with Gasteiger partial charge in [-0.25, -0.2) is 0 Å². The topological polar surface area (TPSA) is 48.1 Å². The molecule has 0 bridgehead atoms. The van der Waals surface area contributed by atoms with Gasteiger partial charge in [0.25, 0.3) is 0 Å². The van der Waals surface area contributed by atoms with Gasteiger partial charge in [-0.2, -0.15) is 0 Å². The molecule has 3 aromatic rings. The minimum Gasteiger partial charge on any atom is -0.361 e. The lowest BCUT2D eigenvalue weighted by Crippen LogP contribution is -2.49. The summed E-state index contributed by atoms with van der Waals surface area (Å²) >= 11 is 1.80. The Morgan fingerprint density at radius 3 is 2.85 bits per heavy atom. The second kappa shape index (κ2) is 8.46. The van der Waals surface area contributed by atoms with Crippen molar-refractivity contribution in [3.63, 3.8) is 0 Å². The van der Waals surface area contributed by atoms with Crippen LogP contribution in [0.15, 0.2) is 42.6 Å². The average molecular weight is 404 g/mol. The number of nitrogens with zero attached hydrogens (tertiary/aromatic N) is 1. The van der Waals surface area contributed by atoms with Crippen molar-refractivity contribution in [2.75, 3.05) is 6.54 Å². The zero-order valence-corrected chi connectivity index (χ0v) is 17.3. The van der Waals surface area contributed by atoms with E-state index in [0.717, 1.165) is 25.9 Å². The van der Waals surface area contributed by atoms with Crippen LogP contribution in [0.25, 0.3) is 10.9 Å². The number of carbonyl (C=O) groups excluding carboxylic acids is 1. The van der Waals surface area contributed by atoms with Crippen LogP contribution in [0.1, 0.15) is 41.1 Å². The number of piperidine rings is 1. The van der Waals surface area contributed by atoms with Crippen LogP contribution >= 0.6 is 23.7 Å². The Morgan fingerprint density at radius 1 is 1.30 bits per heavy atom. The standard InChI is InChI=1S/C21H25N3OS.ClH/c1-14-9-10-20(26-14)21-19(8-5-11-24(21)15(2)25)23-13-16-12-22-18-7-4-3-6-17(16)18;/h3-4,6-7,9-10,12,19,21-23H,5,8,11,13H2,1-2H3;1H/t19-,21-;/m1./s1. The molecule has 0 aliphatic carbocycles. The predicted molar refractivity (Wildman–Crippen MR) is 115 cm³/mol. The van der Waals surface area contributed by atoms with Gasteiger partial charge in [-0.05, 0) is 43.5 Å². The summed E-state index contributed by atoms with van der Waals surface area (Å²) in [5.41, 5.74) is 2.45. The number of aryl methyl sites for hydroxylation is 1. The molecule has 2 aromatic heterocycles. The van der Waals surface area contributed by atoms with Gasteiger partial charge in [0.05, 0.1) is 6.04 Å². The van der Waals surface area contributed by atoms with E-state index in [1.165, 1.54) is 26.2 Å². The number of nitrogens with one attached hydrogen (secondary N) is 2. The van der Waals surface area contributed by atoms with Crippen LogP contribution in [0, 0.1) is 6.92 Å². The van der Waals surface area contributed by atoms with E-state index >= 15 is 0 Å². The van der Waals surface area contributed by atoms with E-state index in [2.05, 4.69) is 59.8 Å². The summed E-state index contributed by atoms with van der Waals surface area (Å²) in [4.78, 5) is 20.2. The molecule has 2 atom stereocenters. The van der Waals surface area contributed by atoms with Crippen molar-refractivity contribution in [2.45, 2.75) is 45.3 Å². The van der Waals surface area contributed by atoms with Crippen molar-refractivity contribution in [1.82, 2.24) is 15.2 Å². The molecular formula is C21H26ClN3OS. The lowest BCUT2D eigenvalue weighted by atomic mass is 9.94. The monoisotopic (exact) mass is 403 g/mol. The molecule has 144 valence electrons. The third-order valence-electron chi connectivity index (χ3n) is 5.32. The number of aromatic amines is 1. The molecule has 0 unspecified atom stereocenters. The van der Waals surface area contributed by atoms with Gasteiger partial charge in [-0.15, -0.1) is 23.7 Å². The Morgan fingerprint density at radius 2 is 2.11 bits per heavy atom. The van der Waals surface area contributed by atoms with E-state index in [9.17, 15) is 4.79 Å². The van der Waals surface area contributed by atoms with Crippen molar-refractivity contribution < 1.29 is 4.79 Å². The van der Waals surface area contributed by atoms with Crippen molar-refractivity contribution in [3.8, 4) is 0 Å². The summed E-state index contributed by atoms with van der Waals surface area (Å²) in [5.74, 6) is 0.166. The van der Waals surface area contributed by atoms with Crippen LogP contribution in [-0.4, -0.2) is 28.4 Å². The molecule has 2 N–H and O–H groups in total. The van der Waals surface area contributed by atoms with Crippen LogP contribution in [-0.2, 0) is 11.3 Å². The quantitative estimate of drug-likeness (QED) is 0.657. The highest BCUT2D eigenvalue weighted by molar-refractivity contribution is 7.12. The van der Waals surface area contributed by atoms with Crippen molar-refractivity contribution >= 4 is 40.6 Å². The van der Waals surface area contributed by atoms with E-state index < -0.39 is 0 Å². The molecule has 6 heteroatoms. The maximum atomic E-state index is 12.2. The molecule has 1 saturated heterocycles. The van der Waals surface area contributed by atoms with Gasteiger partial charge in [0, 0.05) is 52.9 Å². The number of fused-ring (bicyclic) bond motifs is 1. The van der Waals surface area contributed by atoms with E-state index in [1.807, 2.05) is 4.90 Å². The van der Waals surface area contributed by atoms with Gasteiger partial charge in [-0.1, -0.05) is 18.2 Å². The molecule has 1 fully saturated rings. The number of hydrogen-bond donors (Lipinski definition) is 2. The first-order valence-electron chi connectivity index (χ1n) is 9.25. The Bertz CT molecular complexity index is 919. The van der Waals surface area contributed by atoms with E-state index in [4.69, 9.17) is 0 Å². The Balaban J connectivity index is 0.00000210. The molecule has 3 heterocycles. The van der Waals surface area contributed by atoms with Crippen LogP contribution in [0.3, 0.4) is 0 Å². The first kappa shape index (κ1) is 19.9. The average Bonchev–Trinajstić information content (AvgIpc) is 3.25. The summed E-state index contributed by atoms with van der Waals surface area (Å²) < 4.78 is 0. The van der Waals surface area contributed by atoms with E-state index in [0.29, 0.717) is 0 Å². The zero-order valence-electron chi connectivity index (χ0n) is 15.7. The Kier molecular flexibility index (Phi) is 6.25. The Labute approximate surface area is 170 Å². The molecule has 1 aliphatic heterocycles. The van der Waals surface area contributed by atoms with Crippen molar-refractivity contribution in [1.29, 1.82) is 0 Å². The molecule has 1 aliphatic rings. The highest BCUT2D eigenvalue weighted by atomic mass is 35.5. The summed E-state index contributed by atoms with van der Waals surface area (Å²) in [7, 11) is 0. The largest absolute Gasteiger partial charge is 0.361 e. The number of halogens is 1. The minimum atomic E-state index is 0. The fourth-order valence-electron chi connectivity index (χ4n) is 4.05. The molecule has 4 nitrogen and oxygen atoms in total. The van der Waals surface area contributed by atoms with Crippen LogP contribution in [0.4, 0.5) is 0 Å². The van der Waals surface area contributed by atoms with Crippen LogP contribution in [0.5, 0.6) is 0 Å². The normalized spacial score (nSPS) is 19.9. The second-order valence-electron chi connectivity index (χ2n) is 7.09. The fraction of sp³-hybridized carbons (Fsp3) is 0.381. The number of para-hydroxylation sites is 1. The SMILES string of the molecule is CC(=O)N1CCC[C@@H](NCc2c[nH]c3ccccc23)[C@@H]1c1ccc(C)s1.Cl. The number of aromatic nitrogens is 1. The highest BCUT2D eigenvalue weighted by Gasteiger charge is 2.34. The van der Waals surface area contributed by atoms with E-state index in [1.54, 1.807) is 18.3 Å². The van der Waals surface area contributed by atoms with Crippen LogP contribution < -0.4 is 5.32 Å². The number of H-pyrrole nitrogens is 1. The van der Waals surface area contributed by atoms with Crippen molar-refractivity contribution in [2.24, 2.45) is 0 Å². The second-order valence-corrected chi connectivity index (χ2v) is 8.41.